The third-order valence-corrected chi connectivity index (χ3v) is 5.44. The summed E-state index contributed by atoms with van der Waals surface area (Å²) < 4.78 is 7.91. The van der Waals surface area contributed by atoms with Gasteiger partial charge in [-0.2, -0.15) is 0 Å². The van der Waals surface area contributed by atoms with Gasteiger partial charge in [-0.15, -0.1) is 0 Å². The highest BCUT2D eigenvalue weighted by molar-refractivity contribution is 6.38. The quantitative estimate of drug-likeness (QED) is 0.499. The molecule has 0 saturated heterocycles. The molecule has 30 heavy (non-hydrogen) atoms. The van der Waals surface area contributed by atoms with Crippen LogP contribution in [0.25, 0.3) is 16.7 Å². The number of pyridine rings is 1. The average molecular weight is 446 g/mol. The molecule has 0 atom stereocenters. The number of nitrogens with zero attached hydrogens (tertiary/aromatic N) is 3. The zero-order valence-corrected chi connectivity index (χ0v) is 16.7. The average Bonchev–Trinajstić information content (AvgIpc) is 3.29. The van der Waals surface area contributed by atoms with E-state index in [0.717, 1.165) is 23.9 Å². The molecule has 11 heteroatoms. The highest BCUT2D eigenvalue weighted by atomic mass is 35.5. The molecule has 1 fully saturated rings. The second-order valence-electron chi connectivity index (χ2n) is 6.92. The van der Waals surface area contributed by atoms with Crippen molar-refractivity contribution in [1.82, 2.24) is 19.3 Å². The van der Waals surface area contributed by atoms with Crippen LogP contribution < -0.4 is 16.6 Å². The van der Waals surface area contributed by atoms with Crippen LogP contribution in [0.1, 0.15) is 29.5 Å². The maximum absolute atomic E-state index is 12.3. The van der Waals surface area contributed by atoms with E-state index in [0.29, 0.717) is 11.4 Å². The minimum Gasteiger partial charge on any atom is -0.319 e. The minimum absolute atomic E-state index is 0.0381. The molecule has 0 unspecified atom stereocenters. The Morgan fingerprint density at radius 3 is 2.50 bits per heavy atom. The molecule has 4 aromatic rings. The Morgan fingerprint density at radius 2 is 1.87 bits per heavy atom. The fraction of sp³-hybridized carbons (Fsp3) is 0.158. The van der Waals surface area contributed by atoms with E-state index < -0.39 is 11.7 Å². The molecule has 5 rings (SSSR count). The first kappa shape index (κ1) is 18.7. The molecule has 0 spiro atoms. The number of anilines is 1. The first-order valence-electron chi connectivity index (χ1n) is 9.02. The highest BCUT2D eigenvalue weighted by Crippen LogP contribution is 2.38. The SMILES string of the molecule is O=C(Nc1cc(Cl)c(-n2ccc3c2ccc(=O)n3C2CC2)c(Cl)c1)c1noc(=O)[nH]1. The topological polar surface area (TPSA) is 115 Å². The molecule has 0 aliphatic heterocycles. The molecule has 1 aromatic carbocycles. The van der Waals surface area contributed by atoms with Gasteiger partial charge in [-0.25, -0.2) is 4.79 Å². The molecule has 9 nitrogen and oxygen atoms in total. The molecular weight excluding hydrogens is 433 g/mol. The van der Waals surface area contributed by atoms with Gasteiger partial charge in [-0.3, -0.25) is 19.1 Å². The van der Waals surface area contributed by atoms with E-state index in [1.54, 1.807) is 21.4 Å². The summed E-state index contributed by atoms with van der Waals surface area (Å²) in [6.07, 6.45) is 3.77. The Hall–Kier alpha value is -3.30. The van der Waals surface area contributed by atoms with Crippen molar-refractivity contribution in [1.29, 1.82) is 0 Å². The van der Waals surface area contributed by atoms with Crippen LogP contribution in [-0.2, 0) is 0 Å². The van der Waals surface area contributed by atoms with Crippen LogP contribution in [0.5, 0.6) is 0 Å². The van der Waals surface area contributed by atoms with Gasteiger partial charge in [0.25, 0.3) is 11.5 Å². The molecule has 1 amide bonds. The predicted molar refractivity (Wildman–Crippen MR) is 111 cm³/mol. The van der Waals surface area contributed by atoms with Crippen molar-refractivity contribution in [2.24, 2.45) is 0 Å². The normalized spacial score (nSPS) is 13.7. The number of hydrogen-bond acceptors (Lipinski definition) is 5. The van der Waals surface area contributed by atoms with E-state index in [1.807, 2.05) is 6.07 Å². The summed E-state index contributed by atoms with van der Waals surface area (Å²) >= 11 is 13.0. The van der Waals surface area contributed by atoms with E-state index in [4.69, 9.17) is 23.2 Å². The number of carbonyl (C=O) groups is 1. The summed E-state index contributed by atoms with van der Waals surface area (Å²) in [5, 5.41) is 6.45. The van der Waals surface area contributed by atoms with Crippen LogP contribution in [-0.4, -0.2) is 25.2 Å². The van der Waals surface area contributed by atoms with Crippen LogP contribution in [0, 0.1) is 0 Å². The summed E-state index contributed by atoms with van der Waals surface area (Å²) in [5.41, 5.74) is 2.40. The van der Waals surface area contributed by atoms with Gasteiger partial charge in [-0.1, -0.05) is 23.2 Å². The molecule has 3 heterocycles. The fourth-order valence-electron chi connectivity index (χ4n) is 3.44. The van der Waals surface area contributed by atoms with Crippen molar-refractivity contribution < 1.29 is 9.32 Å². The summed E-state index contributed by atoms with van der Waals surface area (Å²) in [4.78, 5) is 37.6. The lowest BCUT2D eigenvalue weighted by Crippen LogP contribution is -2.17. The number of benzene rings is 1. The number of hydrogen-bond donors (Lipinski definition) is 2. The molecule has 1 aliphatic rings. The molecule has 0 bridgehead atoms. The smallest absolute Gasteiger partial charge is 0.319 e. The van der Waals surface area contributed by atoms with Gasteiger partial charge < -0.3 is 14.5 Å². The summed E-state index contributed by atoms with van der Waals surface area (Å²) in [6.45, 7) is 0. The summed E-state index contributed by atoms with van der Waals surface area (Å²) in [6, 6.07) is 8.41. The van der Waals surface area contributed by atoms with Crippen molar-refractivity contribution in [2.45, 2.75) is 18.9 Å². The van der Waals surface area contributed by atoms with Crippen molar-refractivity contribution in [3.8, 4) is 5.69 Å². The maximum Gasteiger partial charge on any atom is 0.439 e. The van der Waals surface area contributed by atoms with E-state index in [9.17, 15) is 14.4 Å². The predicted octanol–water partition coefficient (Wildman–Crippen LogP) is 3.36. The van der Waals surface area contributed by atoms with E-state index in [-0.39, 0.29) is 27.5 Å². The number of carbonyl (C=O) groups excluding carboxylic acids is 1. The van der Waals surface area contributed by atoms with Crippen molar-refractivity contribution in [2.75, 3.05) is 5.32 Å². The van der Waals surface area contributed by atoms with Crippen molar-refractivity contribution in [3.05, 3.63) is 73.3 Å². The van der Waals surface area contributed by atoms with Crippen molar-refractivity contribution in [3.63, 3.8) is 0 Å². The van der Waals surface area contributed by atoms with Crippen LogP contribution in [0.4, 0.5) is 5.69 Å². The molecule has 0 radical (unpaired) electrons. The lowest BCUT2D eigenvalue weighted by Gasteiger charge is -2.13. The number of amides is 1. The number of nitrogens with one attached hydrogen (secondary N) is 2. The number of aromatic amines is 1. The van der Waals surface area contributed by atoms with Gasteiger partial charge in [-0.05, 0) is 42.3 Å². The maximum atomic E-state index is 12.3. The standard InChI is InChI=1S/C19H13Cl2N5O4/c20-11-7-9(22-18(28)17-23-19(29)30-24-17)8-12(21)16(11)25-6-5-14-13(25)3-4-15(27)26(14)10-1-2-10/h3-8,10H,1-2H2,(H,22,28)(H,23,24,29). The van der Waals surface area contributed by atoms with E-state index >= 15 is 0 Å². The summed E-state index contributed by atoms with van der Waals surface area (Å²) in [7, 11) is 0. The molecule has 3 aromatic heterocycles. The number of aromatic nitrogens is 4. The number of H-pyrrole nitrogens is 1. The van der Waals surface area contributed by atoms with Crippen LogP contribution in [0.15, 0.2) is 50.6 Å². The lowest BCUT2D eigenvalue weighted by atomic mass is 10.2. The Balaban J connectivity index is 1.54. The molecule has 152 valence electrons. The first-order valence-corrected chi connectivity index (χ1v) is 9.77. The van der Waals surface area contributed by atoms with Gasteiger partial charge in [0, 0.05) is 24.0 Å². The molecule has 1 aliphatic carbocycles. The Labute approximate surface area is 177 Å². The number of halogens is 2. The minimum atomic E-state index is -0.837. The Bertz CT molecular complexity index is 1400. The monoisotopic (exact) mass is 445 g/mol. The molecule has 1 saturated carbocycles. The zero-order chi connectivity index (χ0) is 21.0. The Morgan fingerprint density at radius 1 is 1.13 bits per heavy atom. The second-order valence-corrected chi connectivity index (χ2v) is 7.73. The van der Waals surface area contributed by atoms with Gasteiger partial charge in [0.05, 0.1) is 26.8 Å². The number of fused-ring (bicyclic) bond motifs is 1. The van der Waals surface area contributed by atoms with Crippen LogP contribution in [0.2, 0.25) is 10.0 Å². The molecular formula is C19H13Cl2N5O4. The number of rotatable bonds is 4. The Kier molecular flexibility index (Phi) is 4.30. The molecule has 2 N–H and O–H groups in total. The van der Waals surface area contributed by atoms with Gasteiger partial charge in [0.2, 0.25) is 5.82 Å². The van der Waals surface area contributed by atoms with Crippen LogP contribution in [0.3, 0.4) is 0 Å². The fourth-order valence-corrected chi connectivity index (χ4v) is 4.11. The van der Waals surface area contributed by atoms with Crippen molar-refractivity contribution >= 4 is 45.8 Å². The van der Waals surface area contributed by atoms with E-state index in [2.05, 4.69) is 20.0 Å². The second kappa shape index (κ2) is 6.89. The van der Waals surface area contributed by atoms with Gasteiger partial charge in [0.15, 0.2) is 0 Å². The largest absolute Gasteiger partial charge is 0.439 e. The lowest BCUT2D eigenvalue weighted by molar-refractivity contribution is 0.101. The highest BCUT2D eigenvalue weighted by Gasteiger charge is 2.27. The first-order chi connectivity index (χ1) is 14.4. The van der Waals surface area contributed by atoms with Crippen LogP contribution >= 0.6 is 23.2 Å². The van der Waals surface area contributed by atoms with Gasteiger partial charge >= 0.3 is 5.76 Å². The summed E-state index contributed by atoms with van der Waals surface area (Å²) in [5.74, 6) is -1.79. The van der Waals surface area contributed by atoms with Gasteiger partial charge in [0.1, 0.15) is 0 Å². The third-order valence-electron chi connectivity index (χ3n) is 4.87. The third kappa shape index (κ3) is 3.12. The zero-order valence-electron chi connectivity index (χ0n) is 15.2. The van der Waals surface area contributed by atoms with E-state index in [1.165, 1.54) is 18.2 Å².